The summed E-state index contributed by atoms with van der Waals surface area (Å²) in [7, 11) is 0. The van der Waals surface area contributed by atoms with Crippen molar-refractivity contribution in [2.75, 3.05) is 11.9 Å². The molecule has 1 aromatic heterocycles. The predicted octanol–water partition coefficient (Wildman–Crippen LogP) is 5.58. The Bertz CT molecular complexity index is 1130. The SMILES string of the molecule is CCN1C(=O)C(CC(=O)Nc2cccc(Cl)c2Cl)SC1=Nc1nc2ccccc2s1. The lowest BCUT2D eigenvalue weighted by atomic mass is 10.2. The molecule has 6 nitrogen and oxygen atoms in total. The van der Waals surface area contributed by atoms with Crippen LogP contribution in [0.4, 0.5) is 10.8 Å². The van der Waals surface area contributed by atoms with E-state index in [9.17, 15) is 9.59 Å². The van der Waals surface area contributed by atoms with Gasteiger partial charge in [-0.2, -0.15) is 4.99 Å². The molecule has 2 heterocycles. The van der Waals surface area contributed by atoms with Crippen LogP contribution in [0.1, 0.15) is 13.3 Å². The maximum Gasteiger partial charge on any atom is 0.242 e. The van der Waals surface area contributed by atoms with E-state index in [0.717, 1.165) is 10.2 Å². The van der Waals surface area contributed by atoms with E-state index in [-0.39, 0.29) is 23.3 Å². The monoisotopic (exact) mass is 478 g/mol. The van der Waals surface area contributed by atoms with Crippen molar-refractivity contribution in [2.24, 2.45) is 4.99 Å². The van der Waals surface area contributed by atoms with Crippen LogP contribution < -0.4 is 5.32 Å². The Balaban J connectivity index is 1.50. The molecule has 0 radical (unpaired) electrons. The maximum atomic E-state index is 12.8. The average Bonchev–Trinajstić information content (AvgIpc) is 3.25. The fourth-order valence-electron chi connectivity index (χ4n) is 2.98. The minimum Gasteiger partial charge on any atom is -0.325 e. The molecule has 0 bridgehead atoms. The van der Waals surface area contributed by atoms with Crippen LogP contribution >= 0.6 is 46.3 Å². The molecule has 1 saturated heterocycles. The van der Waals surface area contributed by atoms with Crippen molar-refractivity contribution in [1.82, 2.24) is 9.88 Å². The first-order chi connectivity index (χ1) is 14.5. The van der Waals surface area contributed by atoms with Crippen LogP contribution in [-0.4, -0.2) is 38.7 Å². The van der Waals surface area contributed by atoms with Crippen LogP contribution in [-0.2, 0) is 9.59 Å². The number of carbonyl (C=O) groups excluding carboxylic acids is 2. The fourth-order valence-corrected chi connectivity index (χ4v) is 5.42. The van der Waals surface area contributed by atoms with E-state index < -0.39 is 5.25 Å². The highest BCUT2D eigenvalue weighted by Crippen LogP contribution is 2.35. The number of para-hydroxylation sites is 1. The van der Waals surface area contributed by atoms with Crippen LogP contribution in [0.15, 0.2) is 47.5 Å². The van der Waals surface area contributed by atoms with Crippen LogP contribution in [0.5, 0.6) is 0 Å². The summed E-state index contributed by atoms with van der Waals surface area (Å²) in [5.41, 5.74) is 1.29. The zero-order chi connectivity index (χ0) is 21.3. The fraction of sp³-hybridized carbons (Fsp3) is 0.200. The molecule has 1 N–H and O–H groups in total. The Labute approximate surface area is 191 Å². The molecule has 10 heteroatoms. The molecule has 1 aliphatic heterocycles. The van der Waals surface area contributed by atoms with Crippen molar-refractivity contribution >= 4 is 84.3 Å². The molecule has 154 valence electrons. The lowest BCUT2D eigenvalue weighted by Gasteiger charge is -2.13. The van der Waals surface area contributed by atoms with Crippen molar-refractivity contribution in [3.8, 4) is 0 Å². The number of amidine groups is 1. The van der Waals surface area contributed by atoms with Gasteiger partial charge in [-0.15, -0.1) is 0 Å². The molecule has 0 aliphatic carbocycles. The van der Waals surface area contributed by atoms with Crippen molar-refractivity contribution in [1.29, 1.82) is 0 Å². The molecule has 30 heavy (non-hydrogen) atoms. The molecule has 3 aromatic rings. The number of thioether (sulfide) groups is 1. The Morgan fingerprint density at radius 1 is 1.23 bits per heavy atom. The molecule has 1 unspecified atom stereocenters. The number of benzene rings is 2. The van der Waals surface area contributed by atoms with E-state index in [4.69, 9.17) is 23.2 Å². The molecule has 0 saturated carbocycles. The van der Waals surface area contributed by atoms with Crippen LogP contribution in [0.3, 0.4) is 0 Å². The standard InChI is InChI=1S/C20H16Cl2N4O2S2/c1-2-26-18(28)15(10-16(27)23-13-8-5-6-11(21)17(13)22)30-20(26)25-19-24-12-7-3-4-9-14(12)29-19/h3-9,15H,2,10H2,1H3,(H,23,27). The Kier molecular flexibility index (Phi) is 6.29. The highest BCUT2D eigenvalue weighted by atomic mass is 35.5. The van der Waals surface area contributed by atoms with E-state index in [1.165, 1.54) is 23.1 Å². The molecule has 2 aromatic carbocycles. The quantitative estimate of drug-likeness (QED) is 0.518. The Morgan fingerprint density at radius 2 is 2.03 bits per heavy atom. The summed E-state index contributed by atoms with van der Waals surface area (Å²) in [6.07, 6.45) is 0.00169. The van der Waals surface area contributed by atoms with Gasteiger partial charge in [0.25, 0.3) is 0 Å². The summed E-state index contributed by atoms with van der Waals surface area (Å²) in [4.78, 5) is 36.0. The lowest BCUT2D eigenvalue weighted by Crippen LogP contribution is -2.33. The highest BCUT2D eigenvalue weighted by Gasteiger charge is 2.38. The second-order valence-corrected chi connectivity index (χ2v) is 9.37. The third-order valence-corrected chi connectivity index (χ3v) is 7.33. The van der Waals surface area contributed by atoms with Crippen molar-refractivity contribution < 1.29 is 9.59 Å². The van der Waals surface area contributed by atoms with E-state index in [0.29, 0.717) is 27.6 Å². The number of aromatic nitrogens is 1. The third kappa shape index (κ3) is 4.32. The number of nitrogens with zero attached hydrogens (tertiary/aromatic N) is 3. The number of rotatable bonds is 5. The number of anilines is 1. The topological polar surface area (TPSA) is 74.7 Å². The minimum absolute atomic E-state index is 0.00169. The van der Waals surface area contributed by atoms with Gasteiger partial charge in [0, 0.05) is 13.0 Å². The van der Waals surface area contributed by atoms with Gasteiger partial charge in [0.15, 0.2) is 5.17 Å². The molecule has 1 aliphatic rings. The number of halogens is 2. The number of hydrogen-bond acceptors (Lipinski definition) is 6. The first-order valence-electron chi connectivity index (χ1n) is 9.12. The highest BCUT2D eigenvalue weighted by molar-refractivity contribution is 8.15. The van der Waals surface area contributed by atoms with Crippen molar-refractivity contribution in [3.63, 3.8) is 0 Å². The number of aliphatic imine (C=N–C) groups is 1. The zero-order valence-corrected chi connectivity index (χ0v) is 18.9. The van der Waals surface area contributed by atoms with Crippen LogP contribution in [0, 0.1) is 0 Å². The molecule has 1 atom stereocenters. The second-order valence-electron chi connectivity index (χ2n) is 6.40. The number of thiazole rings is 1. The van der Waals surface area contributed by atoms with Gasteiger partial charge < -0.3 is 5.32 Å². The first-order valence-corrected chi connectivity index (χ1v) is 11.6. The van der Waals surface area contributed by atoms with E-state index in [2.05, 4.69) is 15.3 Å². The summed E-state index contributed by atoms with van der Waals surface area (Å²) in [5.74, 6) is -0.461. The second kappa shape index (κ2) is 8.93. The molecular formula is C20H16Cl2N4O2S2. The van der Waals surface area contributed by atoms with Gasteiger partial charge in [-0.25, -0.2) is 4.98 Å². The molecule has 2 amide bonds. The summed E-state index contributed by atoms with van der Waals surface area (Å²) in [6.45, 7) is 2.34. The molecule has 0 spiro atoms. The molecule has 4 rings (SSSR count). The summed E-state index contributed by atoms with van der Waals surface area (Å²) < 4.78 is 1.03. The Morgan fingerprint density at radius 3 is 2.80 bits per heavy atom. The van der Waals surface area contributed by atoms with Gasteiger partial charge in [-0.3, -0.25) is 14.5 Å². The number of fused-ring (bicyclic) bond motifs is 1. The van der Waals surface area contributed by atoms with E-state index >= 15 is 0 Å². The van der Waals surface area contributed by atoms with Crippen molar-refractivity contribution in [3.05, 3.63) is 52.5 Å². The van der Waals surface area contributed by atoms with Gasteiger partial charge in [0.05, 0.1) is 25.9 Å². The maximum absolute atomic E-state index is 12.8. The summed E-state index contributed by atoms with van der Waals surface area (Å²) in [6, 6.07) is 12.8. The number of amides is 2. The average molecular weight is 479 g/mol. The van der Waals surface area contributed by atoms with Crippen LogP contribution in [0.25, 0.3) is 10.2 Å². The minimum atomic E-state index is -0.559. The largest absolute Gasteiger partial charge is 0.325 e. The predicted molar refractivity (Wildman–Crippen MR) is 125 cm³/mol. The smallest absolute Gasteiger partial charge is 0.242 e. The molecule has 1 fully saturated rings. The number of hydrogen-bond donors (Lipinski definition) is 1. The van der Waals surface area contributed by atoms with Gasteiger partial charge in [0.1, 0.15) is 5.25 Å². The number of nitrogens with one attached hydrogen (secondary N) is 1. The normalized spacial score (nSPS) is 17.8. The third-order valence-electron chi connectivity index (χ3n) is 4.41. The van der Waals surface area contributed by atoms with Gasteiger partial charge in [-0.05, 0) is 31.2 Å². The van der Waals surface area contributed by atoms with E-state index in [1.807, 2.05) is 31.2 Å². The van der Waals surface area contributed by atoms with Gasteiger partial charge in [-0.1, -0.05) is 64.5 Å². The summed E-state index contributed by atoms with van der Waals surface area (Å²) >= 11 is 14.8. The first kappa shape index (κ1) is 21.1. The van der Waals surface area contributed by atoms with Crippen LogP contribution in [0.2, 0.25) is 10.0 Å². The van der Waals surface area contributed by atoms with Crippen molar-refractivity contribution in [2.45, 2.75) is 18.6 Å². The van der Waals surface area contributed by atoms with Gasteiger partial charge in [0.2, 0.25) is 16.9 Å². The van der Waals surface area contributed by atoms with E-state index in [1.54, 1.807) is 23.1 Å². The zero-order valence-electron chi connectivity index (χ0n) is 15.8. The Hall–Kier alpha value is -2.13. The number of carbonyl (C=O) groups is 2. The molecular weight excluding hydrogens is 463 g/mol. The lowest BCUT2D eigenvalue weighted by molar-refractivity contribution is -0.128. The van der Waals surface area contributed by atoms with Gasteiger partial charge >= 0.3 is 0 Å². The summed E-state index contributed by atoms with van der Waals surface area (Å²) in [5, 5.41) is 3.92.